The lowest BCUT2D eigenvalue weighted by atomic mass is 9.95. The van der Waals surface area contributed by atoms with E-state index in [0.29, 0.717) is 10.9 Å². The third-order valence-corrected chi connectivity index (χ3v) is 2.76. The van der Waals surface area contributed by atoms with Crippen molar-refractivity contribution in [2.75, 3.05) is 0 Å². The summed E-state index contributed by atoms with van der Waals surface area (Å²) in [7, 11) is 0. The number of carbonyl (C=O) groups is 1. The van der Waals surface area contributed by atoms with Crippen molar-refractivity contribution in [1.82, 2.24) is 0 Å². The summed E-state index contributed by atoms with van der Waals surface area (Å²) in [5.74, 6) is -1.90. The fourth-order valence-corrected chi connectivity index (χ4v) is 1.88. The molecule has 0 aliphatic carbocycles. The second kappa shape index (κ2) is 5.07. The van der Waals surface area contributed by atoms with Crippen LogP contribution in [0.1, 0.15) is 24.8 Å². The maximum absolute atomic E-state index is 11.0. The van der Waals surface area contributed by atoms with Gasteiger partial charge in [0.1, 0.15) is 0 Å². The van der Waals surface area contributed by atoms with Gasteiger partial charge in [-0.2, -0.15) is 0 Å². The molecule has 0 aliphatic rings. The first-order valence-electron chi connectivity index (χ1n) is 4.64. The molecule has 1 aromatic rings. The van der Waals surface area contributed by atoms with Crippen molar-refractivity contribution < 1.29 is 14.8 Å². The normalized spacial score (nSPS) is 12.1. The van der Waals surface area contributed by atoms with Gasteiger partial charge in [0, 0.05) is 16.1 Å². The van der Waals surface area contributed by atoms with E-state index in [0.717, 1.165) is 0 Å². The highest BCUT2D eigenvalue weighted by Gasteiger charge is 2.26. The van der Waals surface area contributed by atoms with Crippen LogP contribution in [0.25, 0.3) is 0 Å². The minimum absolute atomic E-state index is 0.155. The van der Waals surface area contributed by atoms with E-state index in [1.165, 1.54) is 18.2 Å². The number of halogens is 1. The molecule has 86 valence electrons. The van der Waals surface area contributed by atoms with Gasteiger partial charge in [0.15, 0.2) is 0 Å². The summed E-state index contributed by atoms with van der Waals surface area (Å²) >= 11 is 3.18. The van der Waals surface area contributed by atoms with Crippen LogP contribution in [-0.2, 0) is 4.79 Å². The fourth-order valence-electron chi connectivity index (χ4n) is 1.50. The molecule has 16 heavy (non-hydrogen) atoms. The van der Waals surface area contributed by atoms with Gasteiger partial charge < -0.3 is 5.11 Å². The maximum atomic E-state index is 11.0. The van der Waals surface area contributed by atoms with Crippen molar-refractivity contribution >= 4 is 27.6 Å². The Bertz CT molecular complexity index is 433. The average Bonchev–Trinajstić information content (AvgIpc) is 2.17. The van der Waals surface area contributed by atoms with Crippen LogP contribution in [-0.4, -0.2) is 16.0 Å². The molecule has 1 atom stereocenters. The molecule has 0 heterocycles. The predicted molar refractivity (Wildman–Crippen MR) is 61.5 cm³/mol. The van der Waals surface area contributed by atoms with Crippen molar-refractivity contribution in [3.63, 3.8) is 0 Å². The molecule has 0 amide bonds. The zero-order valence-electron chi connectivity index (χ0n) is 8.51. The number of aliphatic carboxylic acids is 1. The summed E-state index contributed by atoms with van der Waals surface area (Å²) in [6, 6.07) is 4.32. The first-order chi connectivity index (χ1) is 7.47. The van der Waals surface area contributed by atoms with Crippen molar-refractivity contribution in [2.24, 2.45) is 0 Å². The first kappa shape index (κ1) is 12.6. The van der Waals surface area contributed by atoms with Crippen LogP contribution >= 0.6 is 15.9 Å². The number of carboxylic acids is 1. The molecule has 6 heteroatoms. The fraction of sp³-hybridized carbons (Fsp3) is 0.300. The molecule has 0 bridgehead atoms. The minimum Gasteiger partial charge on any atom is -0.481 e. The smallest absolute Gasteiger partial charge is 0.311 e. The van der Waals surface area contributed by atoms with E-state index in [4.69, 9.17) is 5.11 Å². The van der Waals surface area contributed by atoms with E-state index in [-0.39, 0.29) is 11.3 Å². The number of nitrogens with zero attached hydrogens (tertiary/aromatic N) is 1. The van der Waals surface area contributed by atoms with E-state index in [9.17, 15) is 14.9 Å². The van der Waals surface area contributed by atoms with Crippen LogP contribution < -0.4 is 0 Å². The molecule has 1 N–H and O–H groups in total. The van der Waals surface area contributed by atoms with Crippen molar-refractivity contribution in [3.8, 4) is 0 Å². The van der Waals surface area contributed by atoms with Crippen LogP contribution in [0.2, 0.25) is 0 Å². The zero-order valence-corrected chi connectivity index (χ0v) is 10.1. The summed E-state index contributed by atoms with van der Waals surface area (Å²) < 4.78 is 0.632. The standard InChI is InChI=1S/C10H10BrNO4/c1-2-7(10(13)14)8-5-6(11)3-4-9(8)12(15)16/h3-5,7H,2H2,1H3,(H,13,14). The molecule has 0 saturated heterocycles. The van der Waals surface area contributed by atoms with Gasteiger partial charge in [-0.3, -0.25) is 14.9 Å². The number of nitro groups is 1. The first-order valence-corrected chi connectivity index (χ1v) is 5.43. The summed E-state index contributed by atoms with van der Waals surface area (Å²) in [4.78, 5) is 21.2. The quantitative estimate of drug-likeness (QED) is 0.682. The highest BCUT2D eigenvalue weighted by atomic mass is 79.9. The highest BCUT2D eigenvalue weighted by Crippen LogP contribution is 2.31. The highest BCUT2D eigenvalue weighted by molar-refractivity contribution is 9.10. The number of nitro benzene ring substituents is 1. The molecule has 0 aromatic heterocycles. The molecule has 1 unspecified atom stereocenters. The summed E-state index contributed by atoms with van der Waals surface area (Å²) in [6.45, 7) is 1.68. The molecule has 0 radical (unpaired) electrons. The largest absolute Gasteiger partial charge is 0.481 e. The number of hydrogen-bond donors (Lipinski definition) is 1. The number of hydrogen-bond acceptors (Lipinski definition) is 3. The van der Waals surface area contributed by atoms with Gasteiger partial charge in [-0.1, -0.05) is 22.9 Å². The Labute approximate surface area is 100 Å². The Morgan fingerprint density at radius 2 is 2.25 bits per heavy atom. The third kappa shape index (κ3) is 2.57. The van der Waals surface area contributed by atoms with Crippen LogP contribution in [0.4, 0.5) is 5.69 Å². The Morgan fingerprint density at radius 1 is 1.62 bits per heavy atom. The van der Waals surface area contributed by atoms with Crippen LogP contribution in [0.15, 0.2) is 22.7 Å². The zero-order chi connectivity index (χ0) is 12.3. The van der Waals surface area contributed by atoms with Crippen molar-refractivity contribution in [3.05, 3.63) is 38.3 Å². The van der Waals surface area contributed by atoms with Gasteiger partial charge in [-0.15, -0.1) is 0 Å². The molecule has 1 aromatic carbocycles. The average molecular weight is 288 g/mol. The third-order valence-electron chi connectivity index (χ3n) is 2.27. The summed E-state index contributed by atoms with van der Waals surface area (Å²) in [6.07, 6.45) is 0.312. The predicted octanol–water partition coefficient (Wildman–Crippen LogP) is 2.94. The van der Waals surface area contributed by atoms with Crippen LogP contribution in [0, 0.1) is 10.1 Å². The maximum Gasteiger partial charge on any atom is 0.311 e. The lowest BCUT2D eigenvalue weighted by Crippen LogP contribution is -2.12. The number of benzene rings is 1. The molecule has 0 spiro atoms. The monoisotopic (exact) mass is 287 g/mol. The Morgan fingerprint density at radius 3 is 2.69 bits per heavy atom. The van der Waals surface area contributed by atoms with E-state index in [1.54, 1.807) is 6.92 Å². The van der Waals surface area contributed by atoms with Gasteiger partial charge in [0.25, 0.3) is 5.69 Å². The van der Waals surface area contributed by atoms with Gasteiger partial charge in [-0.05, 0) is 18.6 Å². The molecule has 1 rings (SSSR count). The number of carboxylic acid groups (broad SMARTS) is 1. The summed E-state index contributed by atoms with van der Waals surface area (Å²) in [5.41, 5.74) is 0.0758. The van der Waals surface area contributed by atoms with Crippen LogP contribution in [0.3, 0.4) is 0 Å². The Kier molecular flexibility index (Phi) is 4.00. The van der Waals surface area contributed by atoms with Crippen molar-refractivity contribution in [2.45, 2.75) is 19.3 Å². The minimum atomic E-state index is -1.05. The molecule has 0 fully saturated rings. The van der Waals surface area contributed by atoms with E-state index >= 15 is 0 Å². The molecule has 0 saturated carbocycles. The molecule has 0 aliphatic heterocycles. The Hall–Kier alpha value is -1.43. The van der Waals surface area contributed by atoms with E-state index in [2.05, 4.69) is 15.9 Å². The molecular formula is C10H10BrNO4. The van der Waals surface area contributed by atoms with E-state index < -0.39 is 16.8 Å². The SMILES string of the molecule is CCC(C(=O)O)c1cc(Br)ccc1[N+](=O)[O-]. The number of rotatable bonds is 4. The topological polar surface area (TPSA) is 80.4 Å². The second-order valence-corrected chi connectivity index (χ2v) is 4.17. The second-order valence-electron chi connectivity index (χ2n) is 3.26. The van der Waals surface area contributed by atoms with Crippen molar-refractivity contribution in [1.29, 1.82) is 0 Å². The molecule has 5 nitrogen and oxygen atoms in total. The van der Waals surface area contributed by atoms with E-state index in [1.807, 2.05) is 0 Å². The molecular weight excluding hydrogens is 278 g/mol. The lowest BCUT2D eigenvalue weighted by Gasteiger charge is -2.10. The van der Waals surface area contributed by atoms with Gasteiger partial charge in [-0.25, -0.2) is 0 Å². The summed E-state index contributed by atoms with van der Waals surface area (Å²) in [5, 5.41) is 19.8. The lowest BCUT2D eigenvalue weighted by molar-refractivity contribution is -0.385. The van der Waals surface area contributed by atoms with Gasteiger partial charge in [0.2, 0.25) is 0 Å². The Balaban J connectivity index is 3.33. The van der Waals surface area contributed by atoms with Gasteiger partial charge >= 0.3 is 5.97 Å². The van der Waals surface area contributed by atoms with Gasteiger partial charge in [0.05, 0.1) is 10.8 Å². The van der Waals surface area contributed by atoms with Crippen LogP contribution in [0.5, 0.6) is 0 Å².